The smallest absolute Gasteiger partial charge is 0.354 e. The third-order valence-corrected chi connectivity index (χ3v) is 1.80. The molecular formula is C11H14N2O4. The molecule has 6 heteroatoms. The topological polar surface area (TPSA) is 80.9 Å². The van der Waals surface area contributed by atoms with Crippen molar-refractivity contribution in [3.8, 4) is 0 Å². The second kappa shape index (κ2) is 6.47. The molecule has 0 unspecified atom stereocenters. The van der Waals surface area contributed by atoms with E-state index >= 15 is 0 Å². The molecule has 0 aromatic carbocycles. The molecule has 0 saturated carbocycles. The van der Waals surface area contributed by atoms with E-state index in [-0.39, 0.29) is 11.5 Å². The van der Waals surface area contributed by atoms with Crippen LogP contribution >= 0.6 is 0 Å². The number of carbonyl (C=O) groups excluding carboxylic acids is 2. The summed E-state index contributed by atoms with van der Waals surface area (Å²) in [6, 6.07) is 3.08. The van der Waals surface area contributed by atoms with E-state index in [2.05, 4.69) is 10.5 Å². The molecule has 0 aliphatic rings. The lowest BCUT2D eigenvalue weighted by Crippen LogP contribution is -2.23. The minimum absolute atomic E-state index is 0.0818. The summed E-state index contributed by atoms with van der Waals surface area (Å²) in [5.41, 5.74) is 2.28. The summed E-state index contributed by atoms with van der Waals surface area (Å²) in [6.07, 6.45) is 2.11. The standard InChI is InChI=1S/C11H14N2O4/c1-3-6-17-11(15)8(2)12-13-10(14)9-5-4-7-16-9/h4-5,7H,3,6H2,1-2H3,(H,13,14)/b12-8-. The predicted octanol–water partition coefficient (Wildman–Crippen LogP) is 1.34. The number of hydrogen-bond donors (Lipinski definition) is 1. The second-order valence-corrected chi connectivity index (χ2v) is 3.25. The Hall–Kier alpha value is -2.11. The zero-order valence-corrected chi connectivity index (χ0v) is 9.73. The minimum Gasteiger partial charge on any atom is -0.461 e. The summed E-state index contributed by atoms with van der Waals surface area (Å²) < 4.78 is 9.69. The van der Waals surface area contributed by atoms with Crippen LogP contribution in [0.2, 0.25) is 0 Å². The first-order valence-corrected chi connectivity index (χ1v) is 5.20. The van der Waals surface area contributed by atoms with E-state index in [4.69, 9.17) is 9.15 Å². The van der Waals surface area contributed by atoms with E-state index < -0.39 is 11.9 Å². The molecule has 6 nitrogen and oxygen atoms in total. The molecule has 0 atom stereocenters. The summed E-state index contributed by atoms with van der Waals surface area (Å²) in [7, 11) is 0. The number of rotatable bonds is 5. The van der Waals surface area contributed by atoms with Crippen molar-refractivity contribution in [3.05, 3.63) is 24.2 Å². The van der Waals surface area contributed by atoms with E-state index in [1.54, 1.807) is 6.07 Å². The molecule has 0 radical (unpaired) electrons. The van der Waals surface area contributed by atoms with Crippen molar-refractivity contribution in [2.45, 2.75) is 20.3 Å². The second-order valence-electron chi connectivity index (χ2n) is 3.25. The van der Waals surface area contributed by atoms with Gasteiger partial charge in [0.15, 0.2) is 5.76 Å². The van der Waals surface area contributed by atoms with E-state index in [9.17, 15) is 9.59 Å². The number of nitrogens with zero attached hydrogens (tertiary/aromatic N) is 1. The number of amides is 1. The van der Waals surface area contributed by atoms with Crippen molar-refractivity contribution in [1.82, 2.24) is 5.43 Å². The molecule has 1 aromatic rings. The highest BCUT2D eigenvalue weighted by Gasteiger charge is 2.10. The molecule has 0 saturated heterocycles. The molecule has 0 aliphatic carbocycles. The fourth-order valence-corrected chi connectivity index (χ4v) is 0.942. The Morgan fingerprint density at radius 1 is 1.53 bits per heavy atom. The Labute approximate surface area is 98.6 Å². The van der Waals surface area contributed by atoms with E-state index in [1.165, 1.54) is 19.3 Å². The quantitative estimate of drug-likeness (QED) is 0.477. The molecule has 92 valence electrons. The van der Waals surface area contributed by atoms with Gasteiger partial charge >= 0.3 is 11.9 Å². The zero-order chi connectivity index (χ0) is 12.7. The average molecular weight is 238 g/mol. The molecule has 0 spiro atoms. The molecule has 17 heavy (non-hydrogen) atoms. The van der Waals surface area contributed by atoms with Gasteiger partial charge in [0.1, 0.15) is 5.71 Å². The first kappa shape index (κ1) is 13.0. The normalized spacial score (nSPS) is 11.1. The van der Waals surface area contributed by atoms with E-state index in [0.717, 1.165) is 6.42 Å². The summed E-state index contributed by atoms with van der Waals surface area (Å²) in [4.78, 5) is 22.7. The Bertz CT molecular complexity index is 409. The van der Waals surface area contributed by atoms with Crippen LogP contribution in [-0.2, 0) is 9.53 Å². The highest BCUT2D eigenvalue weighted by molar-refractivity contribution is 6.35. The van der Waals surface area contributed by atoms with Crippen molar-refractivity contribution in [2.24, 2.45) is 5.10 Å². The van der Waals surface area contributed by atoms with Crippen LogP contribution in [0.5, 0.6) is 0 Å². The number of esters is 1. The van der Waals surface area contributed by atoms with Crippen molar-refractivity contribution >= 4 is 17.6 Å². The average Bonchev–Trinajstić information content (AvgIpc) is 2.86. The zero-order valence-electron chi connectivity index (χ0n) is 9.73. The van der Waals surface area contributed by atoms with Gasteiger partial charge in [-0.1, -0.05) is 6.92 Å². The van der Waals surface area contributed by atoms with Crippen LogP contribution < -0.4 is 5.43 Å². The molecular weight excluding hydrogens is 224 g/mol. The highest BCUT2D eigenvalue weighted by atomic mass is 16.5. The number of nitrogens with one attached hydrogen (secondary N) is 1. The SMILES string of the molecule is CCCOC(=O)/C(C)=N\NC(=O)c1ccco1. The maximum atomic E-state index is 11.4. The summed E-state index contributed by atoms with van der Waals surface area (Å²) >= 11 is 0. The van der Waals surface area contributed by atoms with Gasteiger partial charge in [0.2, 0.25) is 0 Å². The number of carbonyl (C=O) groups is 2. The van der Waals surface area contributed by atoms with Crippen LogP contribution in [-0.4, -0.2) is 24.2 Å². The lowest BCUT2D eigenvalue weighted by molar-refractivity contribution is -0.135. The van der Waals surface area contributed by atoms with E-state index in [1.807, 2.05) is 6.92 Å². The number of furan rings is 1. The highest BCUT2D eigenvalue weighted by Crippen LogP contribution is 1.98. The Morgan fingerprint density at radius 2 is 2.29 bits per heavy atom. The van der Waals surface area contributed by atoms with Gasteiger partial charge in [-0.15, -0.1) is 0 Å². The Kier molecular flexibility index (Phi) is 4.93. The van der Waals surface area contributed by atoms with Gasteiger partial charge in [0.25, 0.3) is 0 Å². The third-order valence-electron chi connectivity index (χ3n) is 1.80. The monoisotopic (exact) mass is 238 g/mol. The summed E-state index contributed by atoms with van der Waals surface area (Å²) in [5, 5.41) is 3.62. The predicted molar refractivity (Wildman–Crippen MR) is 60.5 cm³/mol. The van der Waals surface area contributed by atoms with Crippen LogP contribution in [0.3, 0.4) is 0 Å². The molecule has 1 amide bonds. The third kappa shape index (κ3) is 4.10. The van der Waals surface area contributed by atoms with Crippen molar-refractivity contribution in [2.75, 3.05) is 6.61 Å². The van der Waals surface area contributed by atoms with Crippen molar-refractivity contribution in [3.63, 3.8) is 0 Å². The maximum absolute atomic E-state index is 11.4. The first-order valence-electron chi connectivity index (χ1n) is 5.20. The first-order chi connectivity index (χ1) is 8.15. The van der Waals surface area contributed by atoms with Crippen LogP contribution in [0.4, 0.5) is 0 Å². The lowest BCUT2D eigenvalue weighted by Gasteiger charge is -2.02. The van der Waals surface area contributed by atoms with Crippen molar-refractivity contribution in [1.29, 1.82) is 0 Å². The fourth-order valence-electron chi connectivity index (χ4n) is 0.942. The van der Waals surface area contributed by atoms with Crippen LogP contribution in [0.1, 0.15) is 30.8 Å². The number of hydrazone groups is 1. The lowest BCUT2D eigenvalue weighted by atomic mass is 10.4. The van der Waals surface area contributed by atoms with E-state index in [0.29, 0.717) is 6.61 Å². The van der Waals surface area contributed by atoms with Gasteiger partial charge in [-0.05, 0) is 25.5 Å². The van der Waals surface area contributed by atoms with Gasteiger partial charge in [0.05, 0.1) is 12.9 Å². The van der Waals surface area contributed by atoms with Gasteiger partial charge < -0.3 is 9.15 Å². The molecule has 1 aromatic heterocycles. The van der Waals surface area contributed by atoms with Crippen LogP contribution in [0.25, 0.3) is 0 Å². The molecule has 1 N–H and O–H groups in total. The van der Waals surface area contributed by atoms with Gasteiger partial charge in [0, 0.05) is 0 Å². The molecule has 0 bridgehead atoms. The summed E-state index contributed by atoms with van der Waals surface area (Å²) in [5.74, 6) is -0.937. The van der Waals surface area contributed by atoms with Crippen molar-refractivity contribution < 1.29 is 18.7 Å². The Morgan fingerprint density at radius 3 is 2.88 bits per heavy atom. The van der Waals surface area contributed by atoms with Gasteiger partial charge in [-0.3, -0.25) is 4.79 Å². The molecule has 0 fully saturated rings. The van der Waals surface area contributed by atoms with Crippen LogP contribution in [0.15, 0.2) is 27.9 Å². The number of hydrogen-bond acceptors (Lipinski definition) is 5. The molecule has 0 aliphatic heterocycles. The minimum atomic E-state index is -0.549. The van der Waals surface area contributed by atoms with Crippen LogP contribution in [0, 0.1) is 0 Å². The number of ether oxygens (including phenoxy) is 1. The molecule has 1 heterocycles. The Balaban J connectivity index is 2.47. The summed E-state index contributed by atoms with van der Waals surface area (Å²) in [6.45, 7) is 3.68. The fraction of sp³-hybridized carbons (Fsp3) is 0.364. The maximum Gasteiger partial charge on any atom is 0.354 e. The van der Waals surface area contributed by atoms with Gasteiger partial charge in [-0.2, -0.15) is 5.10 Å². The van der Waals surface area contributed by atoms with Gasteiger partial charge in [-0.25, -0.2) is 10.2 Å². The largest absolute Gasteiger partial charge is 0.461 e. The molecule has 1 rings (SSSR count).